The van der Waals surface area contributed by atoms with E-state index < -0.39 is 0 Å². The van der Waals surface area contributed by atoms with E-state index in [1.807, 2.05) is 22.8 Å². The zero-order valence-corrected chi connectivity index (χ0v) is 14.2. The zero-order chi connectivity index (χ0) is 17.8. The van der Waals surface area contributed by atoms with Crippen LogP contribution in [0, 0.1) is 0 Å². The smallest absolute Gasteiger partial charge is 0.170 e. The van der Waals surface area contributed by atoms with Crippen molar-refractivity contribution in [1.82, 2.24) is 9.55 Å². The van der Waals surface area contributed by atoms with Gasteiger partial charge in [0.05, 0.1) is 5.69 Å². The van der Waals surface area contributed by atoms with Gasteiger partial charge in [-0.3, -0.25) is 4.79 Å². The van der Waals surface area contributed by atoms with E-state index in [1.54, 1.807) is 12.5 Å². The van der Waals surface area contributed by atoms with Crippen molar-refractivity contribution in [1.29, 1.82) is 0 Å². The molecule has 4 aromatic rings. The van der Waals surface area contributed by atoms with Crippen molar-refractivity contribution < 1.29 is 4.79 Å². The Hall–Kier alpha value is -3.46. The molecule has 3 heteroatoms. The van der Waals surface area contributed by atoms with Crippen LogP contribution >= 0.6 is 0 Å². The third-order valence-corrected chi connectivity index (χ3v) is 4.52. The average molecular weight is 338 g/mol. The molecule has 26 heavy (non-hydrogen) atoms. The minimum atomic E-state index is 0.0932. The minimum absolute atomic E-state index is 0.0932. The third-order valence-electron chi connectivity index (χ3n) is 4.52. The molecule has 0 spiro atoms. The van der Waals surface area contributed by atoms with Crippen molar-refractivity contribution in [3.63, 3.8) is 0 Å². The van der Waals surface area contributed by atoms with Gasteiger partial charge in [0.1, 0.15) is 12.0 Å². The van der Waals surface area contributed by atoms with Crippen LogP contribution in [0.5, 0.6) is 0 Å². The second-order valence-corrected chi connectivity index (χ2v) is 6.14. The van der Waals surface area contributed by atoms with Crippen molar-refractivity contribution in [2.24, 2.45) is 0 Å². The average Bonchev–Trinajstić information content (AvgIpc) is 3.19. The van der Waals surface area contributed by atoms with E-state index in [1.165, 1.54) is 16.7 Å². The van der Waals surface area contributed by atoms with Crippen molar-refractivity contribution in [3.05, 3.63) is 120 Å². The number of nitrogens with zero attached hydrogens (tertiary/aromatic N) is 2. The van der Waals surface area contributed by atoms with E-state index in [9.17, 15) is 4.79 Å². The standard InChI is InChI=1S/C23H18N2O/c26-16-20-15-25(17-24-20)22-14-8-7-13-21(22)23(18-9-3-1-4-10-18)19-11-5-2-6-12-19/h1-17,23H. The molecule has 0 N–H and O–H groups in total. The Morgan fingerprint density at radius 1 is 0.769 bits per heavy atom. The van der Waals surface area contributed by atoms with Crippen LogP contribution in [-0.2, 0) is 0 Å². The molecule has 0 fully saturated rings. The molecule has 0 saturated heterocycles. The number of rotatable bonds is 5. The molecule has 0 unspecified atom stereocenters. The second kappa shape index (κ2) is 7.19. The molecular formula is C23H18N2O. The maximum absolute atomic E-state index is 11.0. The number of hydrogen-bond donors (Lipinski definition) is 0. The van der Waals surface area contributed by atoms with E-state index in [0.29, 0.717) is 5.69 Å². The first-order chi connectivity index (χ1) is 12.9. The summed E-state index contributed by atoms with van der Waals surface area (Å²) in [5.74, 6) is 0.0932. The summed E-state index contributed by atoms with van der Waals surface area (Å²) >= 11 is 0. The largest absolute Gasteiger partial charge is 0.305 e. The molecule has 0 amide bonds. The predicted octanol–water partition coefficient (Wildman–Crippen LogP) is 4.87. The normalized spacial score (nSPS) is 10.8. The number of hydrogen-bond acceptors (Lipinski definition) is 2. The first-order valence-electron chi connectivity index (χ1n) is 8.55. The summed E-state index contributed by atoms with van der Waals surface area (Å²) < 4.78 is 1.91. The van der Waals surface area contributed by atoms with Crippen molar-refractivity contribution in [2.75, 3.05) is 0 Å². The second-order valence-electron chi connectivity index (χ2n) is 6.14. The third kappa shape index (κ3) is 3.07. The molecule has 1 heterocycles. The summed E-state index contributed by atoms with van der Waals surface area (Å²) in [6, 6.07) is 29.2. The fourth-order valence-corrected chi connectivity index (χ4v) is 3.34. The van der Waals surface area contributed by atoms with Gasteiger partial charge in [-0.1, -0.05) is 78.9 Å². The Labute approximate surface area is 152 Å². The number of carbonyl (C=O) groups excluding carboxylic acids is 1. The molecule has 0 aliphatic heterocycles. The van der Waals surface area contributed by atoms with Gasteiger partial charge in [0.15, 0.2) is 6.29 Å². The van der Waals surface area contributed by atoms with E-state index in [-0.39, 0.29) is 5.92 Å². The number of benzene rings is 3. The Morgan fingerprint density at radius 3 is 1.92 bits per heavy atom. The molecule has 0 aliphatic carbocycles. The number of aromatic nitrogens is 2. The van der Waals surface area contributed by atoms with Gasteiger partial charge in [-0.25, -0.2) is 4.98 Å². The van der Waals surface area contributed by atoms with Gasteiger partial charge in [0.25, 0.3) is 0 Å². The zero-order valence-electron chi connectivity index (χ0n) is 14.2. The molecular weight excluding hydrogens is 320 g/mol. The summed E-state index contributed by atoms with van der Waals surface area (Å²) in [4.78, 5) is 15.2. The number of aldehydes is 1. The lowest BCUT2D eigenvalue weighted by Gasteiger charge is -2.22. The van der Waals surface area contributed by atoms with Crippen LogP contribution < -0.4 is 0 Å². The van der Waals surface area contributed by atoms with Crippen LogP contribution in [0.25, 0.3) is 5.69 Å². The Kier molecular flexibility index (Phi) is 4.44. The SMILES string of the molecule is O=Cc1cn(-c2ccccc2C(c2ccccc2)c2ccccc2)cn1. The van der Waals surface area contributed by atoms with Crippen LogP contribution in [0.2, 0.25) is 0 Å². The summed E-state index contributed by atoms with van der Waals surface area (Å²) in [5, 5.41) is 0. The Balaban J connectivity index is 1.91. The predicted molar refractivity (Wildman–Crippen MR) is 103 cm³/mol. The molecule has 0 bridgehead atoms. The molecule has 0 aliphatic rings. The monoisotopic (exact) mass is 338 g/mol. The fourth-order valence-electron chi connectivity index (χ4n) is 3.34. The van der Waals surface area contributed by atoms with Crippen molar-refractivity contribution >= 4 is 6.29 Å². The highest BCUT2D eigenvalue weighted by Gasteiger charge is 2.20. The van der Waals surface area contributed by atoms with Gasteiger partial charge >= 0.3 is 0 Å². The van der Waals surface area contributed by atoms with Crippen LogP contribution in [0.4, 0.5) is 0 Å². The summed E-state index contributed by atoms with van der Waals surface area (Å²) in [5.41, 5.74) is 5.06. The summed E-state index contributed by atoms with van der Waals surface area (Å²) in [7, 11) is 0. The van der Waals surface area contributed by atoms with Crippen molar-refractivity contribution in [3.8, 4) is 5.69 Å². The summed E-state index contributed by atoms with van der Waals surface area (Å²) in [6.07, 6.45) is 4.22. The highest BCUT2D eigenvalue weighted by Crippen LogP contribution is 2.35. The summed E-state index contributed by atoms with van der Waals surface area (Å²) in [6.45, 7) is 0. The number of para-hydroxylation sites is 1. The minimum Gasteiger partial charge on any atom is -0.305 e. The lowest BCUT2D eigenvalue weighted by atomic mass is 9.84. The molecule has 1 aromatic heterocycles. The maximum atomic E-state index is 11.0. The van der Waals surface area contributed by atoms with Crippen LogP contribution in [0.15, 0.2) is 97.5 Å². The first-order valence-corrected chi connectivity index (χ1v) is 8.55. The molecule has 0 radical (unpaired) electrons. The van der Waals surface area contributed by atoms with Crippen molar-refractivity contribution in [2.45, 2.75) is 5.92 Å². The Morgan fingerprint density at radius 2 is 1.35 bits per heavy atom. The number of carbonyl (C=O) groups is 1. The topological polar surface area (TPSA) is 34.9 Å². The molecule has 0 saturated carbocycles. The van der Waals surface area contributed by atoms with Crippen LogP contribution in [0.1, 0.15) is 33.1 Å². The van der Waals surface area contributed by atoms with Gasteiger partial charge in [-0.05, 0) is 22.8 Å². The molecule has 4 rings (SSSR count). The van der Waals surface area contributed by atoms with E-state index in [0.717, 1.165) is 12.0 Å². The lowest BCUT2D eigenvalue weighted by molar-refractivity contribution is 0.111. The van der Waals surface area contributed by atoms with Gasteiger partial charge in [0.2, 0.25) is 0 Å². The van der Waals surface area contributed by atoms with Gasteiger partial charge in [0, 0.05) is 12.1 Å². The quantitative estimate of drug-likeness (QED) is 0.384. The van der Waals surface area contributed by atoms with Crippen LogP contribution in [-0.4, -0.2) is 15.8 Å². The Bertz CT molecular complexity index is 967. The first kappa shape index (κ1) is 16.0. The van der Waals surface area contributed by atoms with E-state index >= 15 is 0 Å². The lowest BCUT2D eigenvalue weighted by Crippen LogP contribution is -2.07. The van der Waals surface area contributed by atoms with Gasteiger partial charge in [-0.2, -0.15) is 0 Å². The van der Waals surface area contributed by atoms with Gasteiger partial charge < -0.3 is 4.57 Å². The molecule has 0 atom stereocenters. The van der Waals surface area contributed by atoms with E-state index in [4.69, 9.17) is 0 Å². The fraction of sp³-hybridized carbons (Fsp3) is 0.0435. The van der Waals surface area contributed by atoms with Crippen LogP contribution in [0.3, 0.4) is 0 Å². The number of imidazole rings is 1. The molecule has 3 nitrogen and oxygen atoms in total. The highest BCUT2D eigenvalue weighted by molar-refractivity contribution is 5.71. The van der Waals surface area contributed by atoms with E-state index in [2.05, 4.69) is 71.7 Å². The van der Waals surface area contributed by atoms with Gasteiger partial charge in [-0.15, -0.1) is 0 Å². The molecule has 126 valence electrons. The highest BCUT2D eigenvalue weighted by atomic mass is 16.1. The maximum Gasteiger partial charge on any atom is 0.170 e. The molecule has 3 aromatic carbocycles.